The van der Waals surface area contributed by atoms with Crippen molar-refractivity contribution in [2.24, 2.45) is 5.73 Å². The van der Waals surface area contributed by atoms with Gasteiger partial charge in [-0.1, -0.05) is 5.10 Å². The molecule has 0 saturated carbocycles. The van der Waals surface area contributed by atoms with Crippen molar-refractivity contribution in [2.75, 3.05) is 11.9 Å². The molecule has 3 N–H and O–H groups in total. The summed E-state index contributed by atoms with van der Waals surface area (Å²) in [5.74, 6) is 0.552. The Hall–Kier alpha value is -1.92. The van der Waals surface area contributed by atoms with Crippen LogP contribution >= 0.6 is 11.3 Å². The van der Waals surface area contributed by atoms with Crippen LogP contribution in [0, 0.1) is 0 Å². The lowest BCUT2D eigenvalue weighted by atomic mass is 10.2. The van der Waals surface area contributed by atoms with E-state index in [2.05, 4.69) is 39.1 Å². The largest absolute Gasteiger partial charge is 0.408 e. The van der Waals surface area contributed by atoms with Crippen LogP contribution in [-0.4, -0.2) is 16.7 Å². The summed E-state index contributed by atoms with van der Waals surface area (Å²) in [7, 11) is 0. The van der Waals surface area contributed by atoms with E-state index in [4.69, 9.17) is 10.2 Å². The first-order valence-electron chi connectivity index (χ1n) is 5.62. The molecule has 0 spiro atoms. The van der Waals surface area contributed by atoms with Gasteiger partial charge in [-0.3, -0.25) is 0 Å². The van der Waals surface area contributed by atoms with E-state index >= 15 is 0 Å². The highest BCUT2D eigenvalue weighted by Crippen LogP contribution is 2.25. The van der Waals surface area contributed by atoms with Crippen LogP contribution in [0.3, 0.4) is 0 Å². The first-order valence-corrected chi connectivity index (χ1v) is 6.50. The van der Waals surface area contributed by atoms with Gasteiger partial charge < -0.3 is 15.5 Å². The second kappa shape index (κ2) is 4.75. The van der Waals surface area contributed by atoms with Crippen molar-refractivity contribution in [3.05, 3.63) is 35.5 Å². The Morgan fingerprint density at radius 1 is 1.28 bits per heavy atom. The number of nitrogens with two attached hydrogens (primary N) is 1. The third-order valence-corrected chi connectivity index (χ3v) is 3.43. The standard InChI is InChI=1S/C12H12N4OS/c13-5-3-11-15-16-12(17-11)14-9-1-2-10-8(7-9)4-6-18-10/h1-2,4,6-7H,3,5,13H2,(H,14,16). The molecule has 2 aromatic heterocycles. The molecule has 0 atom stereocenters. The van der Waals surface area contributed by atoms with Crippen LogP contribution in [0.2, 0.25) is 0 Å². The number of anilines is 2. The van der Waals surface area contributed by atoms with Crippen molar-refractivity contribution < 1.29 is 4.42 Å². The highest BCUT2D eigenvalue weighted by atomic mass is 32.1. The zero-order chi connectivity index (χ0) is 12.4. The van der Waals surface area contributed by atoms with Gasteiger partial charge in [-0.05, 0) is 35.0 Å². The molecule has 0 amide bonds. The normalized spacial score (nSPS) is 10.9. The molecule has 3 aromatic rings. The third-order valence-electron chi connectivity index (χ3n) is 2.53. The van der Waals surface area contributed by atoms with Gasteiger partial charge >= 0.3 is 6.01 Å². The van der Waals surface area contributed by atoms with Crippen LogP contribution in [0.25, 0.3) is 10.1 Å². The highest BCUT2D eigenvalue weighted by molar-refractivity contribution is 7.17. The minimum atomic E-state index is 0.396. The lowest BCUT2D eigenvalue weighted by Crippen LogP contribution is -2.02. The number of fused-ring (bicyclic) bond motifs is 1. The van der Waals surface area contributed by atoms with Gasteiger partial charge in [-0.25, -0.2) is 0 Å². The third kappa shape index (κ3) is 2.20. The maximum absolute atomic E-state index is 5.43. The van der Waals surface area contributed by atoms with Gasteiger partial charge in [0.25, 0.3) is 0 Å². The van der Waals surface area contributed by atoms with Crippen LogP contribution in [0.4, 0.5) is 11.7 Å². The van der Waals surface area contributed by atoms with Crippen molar-refractivity contribution in [1.29, 1.82) is 0 Å². The maximum atomic E-state index is 5.43. The Morgan fingerprint density at radius 3 is 3.11 bits per heavy atom. The molecule has 5 nitrogen and oxygen atoms in total. The fourth-order valence-electron chi connectivity index (χ4n) is 1.70. The molecule has 0 aliphatic carbocycles. The first kappa shape index (κ1) is 11.2. The zero-order valence-corrected chi connectivity index (χ0v) is 10.4. The molecule has 18 heavy (non-hydrogen) atoms. The van der Waals surface area contributed by atoms with E-state index in [0.29, 0.717) is 24.9 Å². The smallest absolute Gasteiger partial charge is 0.320 e. The molecule has 0 saturated heterocycles. The van der Waals surface area contributed by atoms with Crippen LogP contribution in [-0.2, 0) is 6.42 Å². The van der Waals surface area contributed by atoms with Crippen molar-refractivity contribution in [3.63, 3.8) is 0 Å². The number of thiophene rings is 1. The summed E-state index contributed by atoms with van der Waals surface area (Å²) >= 11 is 1.72. The van der Waals surface area contributed by atoms with Crippen molar-refractivity contribution >= 4 is 33.1 Å². The van der Waals surface area contributed by atoms with Crippen molar-refractivity contribution in [3.8, 4) is 0 Å². The van der Waals surface area contributed by atoms with Gasteiger partial charge in [0.05, 0.1) is 0 Å². The average Bonchev–Trinajstić information content (AvgIpc) is 2.98. The van der Waals surface area contributed by atoms with Crippen molar-refractivity contribution in [1.82, 2.24) is 10.2 Å². The minimum absolute atomic E-state index is 0.396. The number of nitrogens with zero attached hydrogens (tertiary/aromatic N) is 2. The molecule has 6 heteroatoms. The summed E-state index contributed by atoms with van der Waals surface area (Å²) in [4.78, 5) is 0. The molecule has 2 heterocycles. The Balaban J connectivity index is 1.81. The fourth-order valence-corrected chi connectivity index (χ4v) is 2.47. The van der Waals surface area contributed by atoms with E-state index in [0.717, 1.165) is 5.69 Å². The summed E-state index contributed by atoms with van der Waals surface area (Å²) in [6.45, 7) is 0.502. The van der Waals surface area contributed by atoms with Crippen molar-refractivity contribution in [2.45, 2.75) is 6.42 Å². The SMILES string of the molecule is NCCc1nnc(Nc2ccc3sccc3c2)o1. The molecular formula is C12H12N4OS. The van der Waals surface area contributed by atoms with E-state index in [9.17, 15) is 0 Å². The van der Waals surface area contributed by atoms with Crippen LogP contribution in [0.5, 0.6) is 0 Å². The zero-order valence-electron chi connectivity index (χ0n) is 9.59. The number of rotatable bonds is 4. The Kier molecular flexibility index (Phi) is 2.95. The molecule has 92 valence electrons. The second-order valence-corrected chi connectivity index (χ2v) is 4.79. The molecule has 0 fully saturated rings. The topological polar surface area (TPSA) is 77.0 Å². The van der Waals surface area contributed by atoms with E-state index in [1.807, 2.05) is 6.07 Å². The summed E-state index contributed by atoms with van der Waals surface area (Å²) in [6.07, 6.45) is 0.595. The molecule has 0 radical (unpaired) electrons. The monoisotopic (exact) mass is 260 g/mol. The Labute approximate surface area is 108 Å². The van der Waals surface area contributed by atoms with Crippen LogP contribution in [0.15, 0.2) is 34.1 Å². The summed E-state index contributed by atoms with van der Waals surface area (Å²) in [6, 6.07) is 8.59. The maximum Gasteiger partial charge on any atom is 0.320 e. The van der Waals surface area contributed by atoms with E-state index in [1.54, 1.807) is 11.3 Å². The molecule has 0 aliphatic heterocycles. The highest BCUT2D eigenvalue weighted by Gasteiger charge is 2.05. The average molecular weight is 260 g/mol. The summed E-state index contributed by atoms with van der Waals surface area (Å²) in [5.41, 5.74) is 6.36. The predicted molar refractivity (Wildman–Crippen MR) is 72.2 cm³/mol. The van der Waals surface area contributed by atoms with Gasteiger partial charge in [-0.2, -0.15) is 0 Å². The summed E-state index contributed by atoms with van der Waals surface area (Å²) < 4.78 is 6.67. The number of hydrogen-bond acceptors (Lipinski definition) is 6. The molecule has 0 bridgehead atoms. The number of benzene rings is 1. The molecule has 0 aliphatic rings. The molecular weight excluding hydrogens is 248 g/mol. The predicted octanol–water partition coefficient (Wildman–Crippen LogP) is 2.53. The molecule has 1 aromatic carbocycles. The van der Waals surface area contributed by atoms with E-state index < -0.39 is 0 Å². The molecule has 0 unspecified atom stereocenters. The van der Waals surface area contributed by atoms with Gasteiger partial charge in [-0.15, -0.1) is 16.4 Å². The van der Waals surface area contributed by atoms with Gasteiger partial charge in [0, 0.05) is 23.4 Å². The van der Waals surface area contributed by atoms with E-state index in [1.165, 1.54) is 10.1 Å². The minimum Gasteiger partial charge on any atom is -0.408 e. The van der Waals surface area contributed by atoms with Gasteiger partial charge in [0.2, 0.25) is 5.89 Å². The molecule has 3 rings (SSSR count). The Bertz CT molecular complexity index is 661. The van der Waals surface area contributed by atoms with Gasteiger partial charge in [0.1, 0.15) is 0 Å². The van der Waals surface area contributed by atoms with E-state index in [-0.39, 0.29) is 0 Å². The lowest BCUT2D eigenvalue weighted by molar-refractivity contribution is 0.510. The summed E-state index contributed by atoms with van der Waals surface area (Å²) in [5, 5.41) is 14.2. The van der Waals surface area contributed by atoms with Crippen LogP contribution in [0.1, 0.15) is 5.89 Å². The van der Waals surface area contributed by atoms with Gasteiger partial charge in [0.15, 0.2) is 0 Å². The Morgan fingerprint density at radius 2 is 2.22 bits per heavy atom. The van der Waals surface area contributed by atoms with Crippen LogP contribution < -0.4 is 11.1 Å². The number of hydrogen-bond donors (Lipinski definition) is 2. The first-order chi connectivity index (χ1) is 8.85. The lowest BCUT2D eigenvalue weighted by Gasteiger charge is -2.00. The number of aromatic nitrogens is 2. The quantitative estimate of drug-likeness (QED) is 0.753. The number of nitrogens with one attached hydrogen (secondary N) is 1. The fraction of sp³-hybridized carbons (Fsp3) is 0.167. The second-order valence-electron chi connectivity index (χ2n) is 3.84.